The quantitative estimate of drug-likeness (QED) is 0.846. The minimum atomic E-state index is -0.0763. The fourth-order valence-corrected chi connectivity index (χ4v) is 2.13. The van der Waals surface area contributed by atoms with Crippen LogP contribution in [0.2, 0.25) is 0 Å². The van der Waals surface area contributed by atoms with E-state index in [9.17, 15) is 4.79 Å². The number of amides is 1. The summed E-state index contributed by atoms with van der Waals surface area (Å²) >= 11 is 1.72. The lowest BCUT2D eigenvalue weighted by Crippen LogP contribution is -2.05. The summed E-state index contributed by atoms with van der Waals surface area (Å²) in [5, 5.41) is 2.72. The van der Waals surface area contributed by atoms with Gasteiger partial charge in [0.25, 0.3) is 0 Å². The van der Waals surface area contributed by atoms with Crippen LogP contribution in [0.3, 0.4) is 0 Å². The minimum absolute atomic E-state index is 0.0763. The maximum absolute atomic E-state index is 10.9. The molecule has 1 N–H and O–H groups in total. The first-order valence-electron chi connectivity index (χ1n) is 6.31. The number of hydrogen-bond donors (Lipinski definition) is 1. The number of anilines is 1. The van der Waals surface area contributed by atoms with Crippen molar-refractivity contribution in [1.82, 2.24) is 0 Å². The molecule has 4 heteroatoms. The number of nitrogens with one attached hydrogen (secondary N) is 1. The van der Waals surface area contributed by atoms with Gasteiger partial charge in [-0.15, -0.1) is 11.8 Å². The van der Waals surface area contributed by atoms with Crippen LogP contribution in [0.4, 0.5) is 5.69 Å². The SMILES string of the molecule is CSc1ccc(COc2ccc(NC(C)=O)cc2)cc1. The Labute approximate surface area is 123 Å². The van der Waals surface area contributed by atoms with Gasteiger partial charge in [-0.25, -0.2) is 0 Å². The summed E-state index contributed by atoms with van der Waals surface area (Å²) in [6, 6.07) is 15.7. The Morgan fingerprint density at radius 1 is 1.10 bits per heavy atom. The molecule has 2 aromatic rings. The van der Waals surface area contributed by atoms with Gasteiger partial charge in [-0.3, -0.25) is 4.79 Å². The van der Waals surface area contributed by atoms with E-state index in [4.69, 9.17) is 4.74 Å². The zero-order valence-electron chi connectivity index (χ0n) is 11.6. The van der Waals surface area contributed by atoms with Crippen LogP contribution < -0.4 is 10.1 Å². The fourth-order valence-electron chi connectivity index (χ4n) is 1.73. The van der Waals surface area contributed by atoms with Gasteiger partial charge >= 0.3 is 0 Å². The molecule has 1 amide bonds. The van der Waals surface area contributed by atoms with Crippen LogP contribution in [-0.4, -0.2) is 12.2 Å². The first-order valence-corrected chi connectivity index (χ1v) is 7.53. The van der Waals surface area contributed by atoms with E-state index in [0.29, 0.717) is 6.61 Å². The van der Waals surface area contributed by atoms with E-state index < -0.39 is 0 Å². The van der Waals surface area contributed by atoms with Gasteiger partial charge in [0.2, 0.25) is 5.91 Å². The zero-order chi connectivity index (χ0) is 14.4. The molecule has 0 radical (unpaired) electrons. The monoisotopic (exact) mass is 287 g/mol. The topological polar surface area (TPSA) is 38.3 Å². The molecule has 2 aromatic carbocycles. The number of carbonyl (C=O) groups excluding carboxylic acids is 1. The van der Waals surface area contributed by atoms with Gasteiger partial charge in [0.05, 0.1) is 0 Å². The number of benzene rings is 2. The molecule has 0 aromatic heterocycles. The molecule has 0 aliphatic heterocycles. The van der Waals surface area contributed by atoms with Crippen molar-refractivity contribution < 1.29 is 9.53 Å². The number of thioether (sulfide) groups is 1. The van der Waals surface area contributed by atoms with Crippen molar-refractivity contribution in [3.05, 3.63) is 54.1 Å². The molecule has 104 valence electrons. The second-order valence-corrected chi connectivity index (χ2v) is 5.22. The maximum Gasteiger partial charge on any atom is 0.221 e. The second-order valence-electron chi connectivity index (χ2n) is 4.34. The Kier molecular flexibility index (Phi) is 5.07. The molecule has 0 aliphatic carbocycles. The number of carbonyl (C=O) groups is 1. The summed E-state index contributed by atoms with van der Waals surface area (Å²) in [5.74, 6) is 0.709. The summed E-state index contributed by atoms with van der Waals surface area (Å²) in [6.07, 6.45) is 2.06. The van der Waals surface area contributed by atoms with Gasteiger partial charge in [-0.05, 0) is 48.2 Å². The molecule has 0 aliphatic rings. The molecule has 2 rings (SSSR count). The van der Waals surface area contributed by atoms with Crippen LogP contribution in [0.25, 0.3) is 0 Å². The van der Waals surface area contributed by atoms with Crippen LogP contribution in [-0.2, 0) is 11.4 Å². The molecule has 0 saturated carbocycles. The predicted octanol–water partition coefficient (Wildman–Crippen LogP) is 3.95. The van der Waals surface area contributed by atoms with E-state index in [2.05, 4.69) is 35.8 Å². The van der Waals surface area contributed by atoms with Crippen LogP contribution in [0.15, 0.2) is 53.4 Å². The second kappa shape index (κ2) is 7.01. The zero-order valence-corrected chi connectivity index (χ0v) is 12.4. The molecule has 0 heterocycles. The van der Waals surface area contributed by atoms with Crippen molar-refractivity contribution in [3.63, 3.8) is 0 Å². The van der Waals surface area contributed by atoms with Gasteiger partial charge in [0, 0.05) is 17.5 Å². The van der Waals surface area contributed by atoms with Gasteiger partial charge in [-0.1, -0.05) is 12.1 Å². The molecule has 0 unspecified atom stereocenters. The van der Waals surface area contributed by atoms with Gasteiger partial charge in [0.1, 0.15) is 12.4 Å². The molecule has 0 saturated heterocycles. The molecular weight excluding hydrogens is 270 g/mol. The van der Waals surface area contributed by atoms with Crippen LogP contribution in [0.5, 0.6) is 5.75 Å². The van der Waals surface area contributed by atoms with Crippen molar-refractivity contribution in [2.45, 2.75) is 18.4 Å². The Morgan fingerprint density at radius 2 is 1.75 bits per heavy atom. The maximum atomic E-state index is 10.9. The largest absolute Gasteiger partial charge is 0.489 e. The Balaban J connectivity index is 1.91. The van der Waals surface area contributed by atoms with Crippen molar-refractivity contribution in [2.24, 2.45) is 0 Å². The Morgan fingerprint density at radius 3 is 2.30 bits per heavy atom. The number of rotatable bonds is 5. The predicted molar refractivity (Wildman–Crippen MR) is 83.3 cm³/mol. The highest BCUT2D eigenvalue weighted by atomic mass is 32.2. The third kappa shape index (κ3) is 4.31. The lowest BCUT2D eigenvalue weighted by Gasteiger charge is -2.08. The summed E-state index contributed by atoms with van der Waals surface area (Å²) in [4.78, 5) is 12.2. The summed E-state index contributed by atoms with van der Waals surface area (Å²) < 4.78 is 5.71. The van der Waals surface area contributed by atoms with Crippen molar-refractivity contribution in [2.75, 3.05) is 11.6 Å². The smallest absolute Gasteiger partial charge is 0.221 e. The molecule has 0 spiro atoms. The Hall–Kier alpha value is -1.94. The van der Waals surface area contributed by atoms with Crippen molar-refractivity contribution in [1.29, 1.82) is 0 Å². The summed E-state index contributed by atoms with van der Waals surface area (Å²) in [5.41, 5.74) is 1.91. The van der Waals surface area contributed by atoms with Crippen LogP contribution >= 0.6 is 11.8 Å². The molecule has 0 bridgehead atoms. The highest BCUT2D eigenvalue weighted by Crippen LogP contribution is 2.18. The lowest BCUT2D eigenvalue weighted by molar-refractivity contribution is -0.114. The standard InChI is InChI=1S/C16H17NO2S/c1-12(18)17-14-5-7-15(8-6-14)19-11-13-3-9-16(20-2)10-4-13/h3-10H,11H2,1-2H3,(H,17,18). The molecule has 0 fully saturated rings. The van der Waals surface area contributed by atoms with E-state index in [1.807, 2.05) is 24.3 Å². The summed E-state index contributed by atoms with van der Waals surface area (Å²) in [7, 11) is 0. The van der Waals surface area contributed by atoms with Gasteiger partial charge in [-0.2, -0.15) is 0 Å². The molecular formula is C16H17NO2S. The minimum Gasteiger partial charge on any atom is -0.489 e. The van der Waals surface area contributed by atoms with Crippen LogP contribution in [0.1, 0.15) is 12.5 Å². The van der Waals surface area contributed by atoms with Gasteiger partial charge < -0.3 is 10.1 Å². The first-order chi connectivity index (χ1) is 9.67. The normalized spacial score (nSPS) is 10.1. The molecule has 0 atom stereocenters. The fraction of sp³-hybridized carbons (Fsp3) is 0.188. The van der Waals surface area contributed by atoms with E-state index >= 15 is 0 Å². The lowest BCUT2D eigenvalue weighted by atomic mass is 10.2. The van der Waals surface area contributed by atoms with Gasteiger partial charge in [0.15, 0.2) is 0 Å². The van der Waals surface area contributed by atoms with Crippen LogP contribution in [0, 0.1) is 0 Å². The molecule has 20 heavy (non-hydrogen) atoms. The highest BCUT2D eigenvalue weighted by Gasteiger charge is 1.99. The Bertz CT molecular complexity index is 564. The third-order valence-electron chi connectivity index (χ3n) is 2.74. The van der Waals surface area contributed by atoms with Crippen molar-refractivity contribution in [3.8, 4) is 5.75 Å². The first kappa shape index (κ1) is 14.5. The number of ether oxygens (including phenoxy) is 1. The average Bonchev–Trinajstić information content (AvgIpc) is 2.46. The number of hydrogen-bond acceptors (Lipinski definition) is 3. The van der Waals surface area contributed by atoms with E-state index in [1.165, 1.54) is 11.8 Å². The average molecular weight is 287 g/mol. The third-order valence-corrected chi connectivity index (χ3v) is 3.48. The highest BCUT2D eigenvalue weighted by molar-refractivity contribution is 7.98. The van der Waals surface area contributed by atoms with E-state index in [0.717, 1.165) is 17.0 Å². The van der Waals surface area contributed by atoms with Crippen molar-refractivity contribution >= 4 is 23.4 Å². The molecule has 3 nitrogen and oxygen atoms in total. The van der Waals surface area contributed by atoms with E-state index in [-0.39, 0.29) is 5.91 Å². The van der Waals surface area contributed by atoms with E-state index in [1.54, 1.807) is 11.8 Å². The summed E-state index contributed by atoms with van der Waals surface area (Å²) in [6.45, 7) is 2.02.